The molecule has 0 aliphatic heterocycles. The Morgan fingerprint density at radius 3 is 2.55 bits per heavy atom. The third kappa shape index (κ3) is 5.36. The predicted molar refractivity (Wildman–Crippen MR) is 110 cm³/mol. The van der Waals surface area contributed by atoms with Crippen LogP contribution in [0.4, 0.5) is 5.69 Å². The molecule has 0 atom stereocenters. The van der Waals surface area contributed by atoms with Gasteiger partial charge in [0.1, 0.15) is 17.1 Å². The predicted octanol–water partition coefficient (Wildman–Crippen LogP) is 4.77. The summed E-state index contributed by atoms with van der Waals surface area (Å²) >= 11 is 6.07. The van der Waals surface area contributed by atoms with E-state index < -0.39 is 18.5 Å². The average Bonchev–Trinajstić information content (AvgIpc) is 3.20. The second-order valence-corrected chi connectivity index (χ2v) is 6.94. The second-order valence-electron chi connectivity index (χ2n) is 6.53. The number of esters is 1. The third-order valence-corrected chi connectivity index (χ3v) is 4.32. The summed E-state index contributed by atoms with van der Waals surface area (Å²) in [4.78, 5) is 24.2. The molecule has 0 aliphatic carbocycles. The zero-order chi connectivity index (χ0) is 20.8. The lowest BCUT2D eigenvalue weighted by molar-refractivity contribution is -0.119. The molecule has 7 nitrogen and oxygen atoms in total. The molecule has 3 rings (SSSR count). The summed E-state index contributed by atoms with van der Waals surface area (Å²) in [5, 5.41) is 9.79. The van der Waals surface area contributed by atoms with Gasteiger partial charge in [-0.15, -0.1) is 0 Å². The Kier molecular flexibility index (Phi) is 6.51. The number of para-hydroxylation sites is 1. The van der Waals surface area contributed by atoms with E-state index in [1.54, 1.807) is 36.4 Å². The van der Waals surface area contributed by atoms with Crippen molar-refractivity contribution in [1.82, 2.24) is 10.2 Å². The fourth-order valence-corrected chi connectivity index (χ4v) is 2.74. The molecule has 0 fully saturated rings. The van der Waals surface area contributed by atoms with Crippen LogP contribution >= 0.6 is 11.6 Å². The van der Waals surface area contributed by atoms with Crippen LogP contribution < -0.4 is 10.1 Å². The normalized spacial score (nSPS) is 10.6. The monoisotopic (exact) mass is 413 g/mol. The Bertz CT molecular complexity index is 999. The lowest BCUT2D eigenvalue weighted by atomic mass is 10.1. The van der Waals surface area contributed by atoms with Gasteiger partial charge in [-0.2, -0.15) is 5.10 Å². The van der Waals surface area contributed by atoms with Gasteiger partial charge >= 0.3 is 5.97 Å². The van der Waals surface area contributed by atoms with Crippen LogP contribution in [-0.2, 0) is 9.53 Å². The summed E-state index contributed by atoms with van der Waals surface area (Å²) in [5.74, 6) is 0.149. The van der Waals surface area contributed by atoms with Gasteiger partial charge in [0.2, 0.25) is 0 Å². The molecule has 0 saturated carbocycles. The number of H-pyrrole nitrogens is 1. The smallest absolute Gasteiger partial charge is 0.342 e. The number of rotatable bonds is 7. The average molecular weight is 414 g/mol. The maximum absolute atomic E-state index is 12.1. The minimum Gasteiger partial charge on any atom is -0.456 e. The summed E-state index contributed by atoms with van der Waals surface area (Å²) in [6, 6.07) is 13.9. The van der Waals surface area contributed by atoms with Gasteiger partial charge in [0.05, 0.1) is 16.9 Å². The highest BCUT2D eigenvalue weighted by molar-refractivity contribution is 6.32. The molecular formula is C21H20ClN3O4. The number of nitrogens with one attached hydrogen (secondary N) is 2. The summed E-state index contributed by atoms with van der Waals surface area (Å²) in [6.07, 6.45) is 1.40. The minimum atomic E-state index is -0.596. The molecule has 2 aromatic carbocycles. The van der Waals surface area contributed by atoms with Gasteiger partial charge < -0.3 is 14.8 Å². The molecule has 3 aromatic rings. The van der Waals surface area contributed by atoms with E-state index in [1.807, 2.05) is 26.0 Å². The fraction of sp³-hybridized carbons (Fsp3) is 0.190. The number of carbonyl (C=O) groups excluding carboxylic acids is 2. The van der Waals surface area contributed by atoms with Crippen LogP contribution in [0.3, 0.4) is 0 Å². The summed E-state index contributed by atoms with van der Waals surface area (Å²) < 4.78 is 10.8. The van der Waals surface area contributed by atoms with Gasteiger partial charge in [0.15, 0.2) is 6.61 Å². The zero-order valence-corrected chi connectivity index (χ0v) is 16.7. The van der Waals surface area contributed by atoms with Gasteiger partial charge in [0, 0.05) is 5.69 Å². The van der Waals surface area contributed by atoms with Crippen molar-refractivity contribution in [3.8, 4) is 11.5 Å². The topological polar surface area (TPSA) is 93.3 Å². The van der Waals surface area contributed by atoms with Gasteiger partial charge in [-0.25, -0.2) is 4.79 Å². The number of hydrogen-bond donors (Lipinski definition) is 2. The highest BCUT2D eigenvalue weighted by Gasteiger charge is 2.18. The third-order valence-electron chi connectivity index (χ3n) is 4.00. The molecule has 0 saturated heterocycles. The number of halogens is 1. The number of hydrogen-bond acceptors (Lipinski definition) is 5. The van der Waals surface area contributed by atoms with Crippen molar-refractivity contribution in [2.75, 3.05) is 11.9 Å². The standard InChI is InChI=1S/C21H20ClN3O4/c1-13(2)20-16(11-23-25-20)21(27)28-12-19(26)24-14-7-9-15(10-8-14)29-18-6-4-3-5-17(18)22/h3-11,13H,12H2,1-2H3,(H,23,25)(H,24,26). The van der Waals surface area contributed by atoms with E-state index in [1.165, 1.54) is 6.20 Å². The van der Waals surface area contributed by atoms with Crippen LogP contribution in [0.15, 0.2) is 54.7 Å². The Labute approximate surface area is 173 Å². The molecule has 0 aliphatic rings. The SMILES string of the molecule is CC(C)c1[nH]ncc1C(=O)OCC(=O)Nc1ccc(Oc2ccccc2Cl)cc1. The Hall–Kier alpha value is -3.32. The largest absolute Gasteiger partial charge is 0.456 e. The summed E-state index contributed by atoms with van der Waals surface area (Å²) in [6.45, 7) is 3.45. The Balaban J connectivity index is 1.52. The second kappa shape index (κ2) is 9.25. The van der Waals surface area contributed by atoms with Crippen LogP contribution in [0.2, 0.25) is 5.02 Å². The molecule has 0 spiro atoms. The molecule has 2 N–H and O–H groups in total. The van der Waals surface area contributed by atoms with Crippen molar-refractivity contribution in [3.63, 3.8) is 0 Å². The van der Waals surface area contributed by atoms with E-state index in [2.05, 4.69) is 15.5 Å². The van der Waals surface area contributed by atoms with Crippen LogP contribution in [0, 0.1) is 0 Å². The zero-order valence-electron chi connectivity index (χ0n) is 15.9. The lowest BCUT2D eigenvalue weighted by Crippen LogP contribution is -2.21. The highest BCUT2D eigenvalue weighted by Crippen LogP contribution is 2.29. The molecule has 1 aromatic heterocycles. The van der Waals surface area contributed by atoms with Gasteiger partial charge in [-0.05, 0) is 42.3 Å². The maximum Gasteiger partial charge on any atom is 0.342 e. The van der Waals surface area contributed by atoms with Crippen LogP contribution in [0.5, 0.6) is 11.5 Å². The summed E-state index contributed by atoms with van der Waals surface area (Å²) in [5.41, 5.74) is 1.54. The number of aromatic nitrogens is 2. The number of aromatic amines is 1. The van der Waals surface area contributed by atoms with Crippen LogP contribution in [0.1, 0.15) is 35.8 Å². The molecule has 0 unspecified atom stereocenters. The number of anilines is 1. The highest BCUT2D eigenvalue weighted by atomic mass is 35.5. The lowest BCUT2D eigenvalue weighted by Gasteiger charge is -2.10. The number of nitrogens with zero attached hydrogens (tertiary/aromatic N) is 1. The first-order valence-electron chi connectivity index (χ1n) is 8.96. The fourth-order valence-electron chi connectivity index (χ4n) is 2.57. The summed E-state index contributed by atoms with van der Waals surface area (Å²) in [7, 11) is 0. The van der Waals surface area contributed by atoms with E-state index in [-0.39, 0.29) is 5.92 Å². The quantitative estimate of drug-likeness (QED) is 0.544. The van der Waals surface area contributed by atoms with Crippen molar-refractivity contribution >= 4 is 29.2 Å². The van der Waals surface area contributed by atoms with Crippen molar-refractivity contribution < 1.29 is 19.1 Å². The van der Waals surface area contributed by atoms with E-state index in [0.29, 0.717) is 33.5 Å². The van der Waals surface area contributed by atoms with Gasteiger partial charge in [-0.1, -0.05) is 37.6 Å². The minimum absolute atomic E-state index is 0.0837. The Morgan fingerprint density at radius 2 is 1.86 bits per heavy atom. The van der Waals surface area contributed by atoms with Crippen LogP contribution in [0.25, 0.3) is 0 Å². The molecule has 1 heterocycles. The van der Waals surface area contributed by atoms with E-state index in [4.69, 9.17) is 21.1 Å². The molecule has 29 heavy (non-hydrogen) atoms. The first kappa shape index (κ1) is 20.4. The van der Waals surface area contributed by atoms with Gasteiger partial charge in [-0.3, -0.25) is 9.89 Å². The molecule has 150 valence electrons. The van der Waals surface area contributed by atoms with Crippen LogP contribution in [-0.4, -0.2) is 28.7 Å². The Morgan fingerprint density at radius 1 is 1.14 bits per heavy atom. The first-order valence-corrected chi connectivity index (χ1v) is 9.34. The van der Waals surface area contributed by atoms with E-state index >= 15 is 0 Å². The maximum atomic E-state index is 12.1. The number of ether oxygens (including phenoxy) is 2. The van der Waals surface area contributed by atoms with Crippen molar-refractivity contribution in [3.05, 3.63) is 71.0 Å². The van der Waals surface area contributed by atoms with Gasteiger partial charge in [0.25, 0.3) is 5.91 Å². The van der Waals surface area contributed by atoms with E-state index in [0.717, 1.165) is 0 Å². The number of benzene rings is 2. The molecule has 0 bridgehead atoms. The molecule has 1 amide bonds. The van der Waals surface area contributed by atoms with Crippen molar-refractivity contribution in [2.24, 2.45) is 0 Å². The number of carbonyl (C=O) groups is 2. The molecule has 8 heteroatoms. The van der Waals surface area contributed by atoms with E-state index in [9.17, 15) is 9.59 Å². The van der Waals surface area contributed by atoms with Crippen molar-refractivity contribution in [1.29, 1.82) is 0 Å². The first-order chi connectivity index (χ1) is 13.9. The number of amides is 1. The van der Waals surface area contributed by atoms with Crippen molar-refractivity contribution in [2.45, 2.75) is 19.8 Å². The molecular weight excluding hydrogens is 394 g/mol. The molecule has 0 radical (unpaired) electrons.